The maximum atomic E-state index is 10.1. The predicted molar refractivity (Wildman–Crippen MR) is 57.6 cm³/mol. The Bertz CT molecular complexity index is 437. The number of hydrogen-bond donors (Lipinski definition) is 2. The fourth-order valence-corrected chi connectivity index (χ4v) is 1.79. The molecule has 0 fully saturated rings. The molecule has 0 radical (unpaired) electrons. The maximum Gasteiger partial charge on any atom is 0.136 e. The van der Waals surface area contributed by atoms with Crippen LogP contribution in [-0.4, -0.2) is 21.9 Å². The Balaban J connectivity index is 2.39. The zero-order valence-electron chi connectivity index (χ0n) is 8.33. The van der Waals surface area contributed by atoms with E-state index < -0.39 is 11.7 Å². The van der Waals surface area contributed by atoms with Gasteiger partial charge in [0.2, 0.25) is 0 Å². The van der Waals surface area contributed by atoms with Crippen molar-refractivity contribution >= 4 is 0 Å². The van der Waals surface area contributed by atoms with Crippen LogP contribution in [0.2, 0.25) is 0 Å². The molecule has 2 nitrogen and oxygen atoms in total. The van der Waals surface area contributed by atoms with Crippen LogP contribution in [0.1, 0.15) is 19.3 Å². The first-order valence-corrected chi connectivity index (χ1v) is 4.98. The molecular weight excluding hydrogens is 188 g/mol. The molecule has 0 aromatic rings. The SMILES string of the molecule is OC1C#CC=CC#CC2(O)CCC=C1C2. The highest BCUT2D eigenvalue weighted by atomic mass is 16.3. The van der Waals surface area contributed by atoms with Crippen LogP contribution in [0.15, 0.2) is 23.8 Å². The van der Waals surface area contributed by atoms with E-state index in [0.29, 0.717) is 12.8 Å². The Morgan fingerprint density at radius 2 is 2.13 bits per heavy atom. The molecule has 2 N–H and O–H groups in total. The Labute approximate surface area is 89.3 Å². The smallest absolute Gasteiger partial charge is 0.136 e. The summed E-state index contributed by atoms with van der Waals surface area (Å²) < 4.78 is 0. The first-order valence-electron chi connectivity index (χ1n) is 4.98. The quantitative estimate of drug-likeness (QED) is 0.448. The Morgan fingerprint density at radius 3 is 3.00 bits per heavy atom. The van der Waals surface area contributed by atoms with Gasteiger partial charge in [-0.15, -0.1) is 0 Å². The number of fused-ring (bicyclic) bond motifs is 2. The molecule has 15 heavy (non-hydrogen) atoms. The molecule has 2 heteroatoms. The van der Waals surface area contributed by atoms with Crippen molar-refractivity contribution in [1.29, 1.82) is 0 Å². The van der Waals surface area contributed by atoms with Gasteiger partial charge in [0.25, 0.3) is 0 Å². The standard InChI is InChI=1S/C13H12O2/c14-12-7-3-1-2-4-8-13(15)9-5-6-11(12)10-13/h1-2,6,12,14-15H,5,9-10H2. The molecule has 0 aliphatic heterocycles. The van der Waals surface area contributed by atoms with Gasteiger partial charge in [0.05, 0.1) is 0 Å². The first-order chi connectivity index (χ1) is 7.20. The summed E-state index contributed by atoms with van der Waals surface area (Å²) in [5.41, 5.74) is -0.213. The van der Waals surface area contributed by atoms with Crippen LogP contribution in [0.5, 0.6) is 0 Å². The van der Waals surface area contributed by atoms with Crippen LogP contribution >= 0.6 is 0 Å². The van der Waals surface area contributed by atoms with Crippen molar-refractivity contribution in [2.45, 2.75) is 31.0 Å². The number of aliphatic hydroxyl groups excluding tert-OH is 1. The molecule has 2 aliphatic carbocycles. The van der Waals surface area contributed by atoms with E-state index >= 15 is 0 Å². The van der Waals surface area contributed by atoms with Gasteiger partial charge in [-0.1, -0.05) is 29.8 Å². The second-order valence-electron chi connectivity index (χ2n) is 3.82. The van der Waals surface area contributed by atoms with E-state index in [-0.39, 0.29) is 0 Å². The molecule has 0 saturated carbocycles. The third-order valence-electron chi connectivity index (χ3n) is 2.59. The van der Waals surface area contributed by atoms with Crippen molar-refractivity contribution in [3.05, 3.63) is 23.8 Å². The minimum Gasteiger partial charge on any atom is -0.377 e. The lowest BCUT2D eigenvalue weighted by molar-refractivity contribution is 0.0808. The second kappa shape index (κ2) is 3.95. The highest BCUT2D eigenvalue weighted by Crippen LogP contribution is 2.29. The molecule has 0 aromatic heterocycles. The van der Waals surface area contributed by atoms with E-state index in [9.17, 15) is 10.2 Å². The Hall–Kier alpha value is -1.48. The van der Waals surface area contributed by atoms with Crippen molar-refractivity contribution < 1.29 is 10.2 Å². The summed E-state index contributed by atoms with van der Waals surface area (Å²) in [5.74, 6) is 11.0. The van der Waals surface area contributed by atoms with Crippen molar-refractivity contribution in [3.63, 3.8) is 0 Å². The molecule has 2 aliphatic rings. The van der Waals surface area contributed by atoms with Crippen molar-refractivity contribution in [2.75, 3.05) is 0 Å². The minimum absolute atomic E-state index is 0.393. The molecule has 0 heterocycles. The van der Waals surface area contributed by atoms with Crippen molar-refractivity contribution in [3.8, 4) is 23.7 Å². The second-order valence-corrected chi connectivity index (χ2v) is 3.82. The van der Waals surface area contributed by atoms with Gasteiger partial charge in [-0.25, -0.2) is 0 Å². The molecule has 0 amide bonds. The highest BCUT2D eigenvalue weighted by Gasteiger charge is 2.30. The van der Waals surface area contributed by atoms with E-state index in [1.165, 1.54) is 0 Å². The molecule has 0 saturated heterocycles. The summed E-state index contributed by atoms with van der Waals surface area (Å²) in [7, 11) is 0. The fraction of sp³-hybridized carbons (Fsp3) is 0.385. The molecule has 2 bridgehead atoms. The Kier molecular flexibility index (Phi) is 2.64. The van der Waals surface area contributed by atoms with E-state index in [4.69, 9.17) is 0 Å². The summed E-state index contributed by atoms with van der Waals surface area (Å²) in [6.07, 6.45) is 6.11. The van der Waals surface area contributed by atoms with Gasteiger partial charge in [-0.2, -0.15) is 0 Å². The predicted octanol–water partition coefficient (Wildman–Crippen LogP) is 0.765. The van der Waals surface area contributed by atoms with E-state index in [1.54, 1.807) is 12.2 Å². The highest BCUT2D eigenvalue weighted by molar-refractivity contribution is 5.36. The van der Waals surface area contributed by atoms with Gasteiger partial charge in [0.1, 0.15) is 11.7 Å². The lowest BCUT2D eigenvalue weighted by Crippen LogP contribution is -2.32. The normalized spacial score (nSPS) is 32.9. The number of aliphatic hydroxyl groups is 2. The van der Waals surface area contributed by atoms with E-state index in [1.807, 2.05) is 6.08 Å². The van der Waals surface area contributed by atoms with Gasteiger partial charge in [-0.05, 0) is 30.6 Å². The third kappa shape index (κ3) is 2.30. The minimum atomic E-state index is -0.992. The summed E-state index contributed by atoms with van der Waals surface area (Å²) >= 11 is 0. The van der Waals surface area contributed by atoms with Crippen molar-refractivity contribution in [2.24, 2.45) is 0 Å². The lowest BCUT2D eigenvalue weighted by Gasteiger charge is -2.28. The first kappa shape index (κ1) is 10.1. The van der Waals surface area contributed by atoms with E-state index in [2.05, 4.69) is 23.7 Å². The topological polar surface area (TPSA) is 40.5 Å². The summed E-state index contributed by atoms with van der Waals surface area (Å²) in [4.78, 5) is 0. The monoisotopic (exact) mass is 200 g/mol. The van der Waals surface area contributed by atoms with Crippen LogP contribution < -0.4 is 0 Å². The Morgan fingerprint density at radius 1 is 1.33 bits per heavy atom. The lowest BCUT2D eigenvalue weighted by atomic mass is 9.83. The number of allylic oxidation sites excluding steroid dienone is 3. The number of hydrogen-bond acceptors (Lipinski definition) is 2. The summed E-state index contributed by atoms with van der Waals surface area (Å²) in [6, 6.07) is 0. The average molecular weight is 200 g/mol. The fourth-order valence-electron chi connectivity index (χ4n) is 1.79. The number of rotatable bonds is 0. The molecule has 2 atom stereocenters. The maximum absolute atomic E-state index is 10.1. The molecule has 0 aromatic carbocycles. The van der Waals surface area contributed by atoms with E-state index in [0.717, 1.165) is 12.0 Å². The van der Waals surface area contributed by atoms with Crippen LogP contribution in [0.3, 0.4) is 0 Å². The van der Waals surface area contributed by atoms with Crippen molar-refractivity contribution in [1.82, 2.24) is 0 Å². The zero-order valence-corrected chi connectivity index (χ0v) is 8.33. The molecular formula is C13H12O2. The van der Waals surface area contributed by atoms with Gasteiger partial charge in [0, 0.05) is 6.42 Å². The largest absolute Gasteiger partial charge is 0.377 e. The molecule has 76 valence electrons. The van der Waals surface area contributed by atoms with Gasteiger partial charge < -0.3 is 10.2 Å². The third-order valence-corrected chi connectivity index (χ3v) is 2.59. The summed E-state index contributed by atoms with van der Waals surface area (Å²) in [5, 5.41) is 19.9. The van der Waals surface area contributed by atoms with Crippen LogP contribution in [0.4, 0.5) is 0 Å². The van der Waals surface area contributed by atoms with Gasteiger partial charge >= 0.3 is 0 Å². The summed E-state index contributed by atoms with van der Waals surface area (Å²) in [6.45, 7) is 0. The van der Waals surface area contributed by atoms with Crippen LogP contribution in [0.25, 0.3) is 0 Å². The van der Waals surface area contributed by atoms with Gasteiger partial charge in [-0.3, -0.25) is 0 Å². The van der Waals surface area contributed by atoms with Gasteiger partial charge in [0.15, 0.2) is 0 Å². The van der Waals surface area contributed by atoms with Crippen LogP contribution in [0, 0.1) is 23.7 Å². The average Bonchev–Trinajstić information content (AvgIpc) is 2.22. The zero-order chi connectivity index (χ0) is 10.7. The molecule has 2 rings (SSSR count). The van der Waals surface area contributed by atoms with Crippen LogP contribution in [-0.2, 0) is 0 Å². The molecule has 2 unspecified atom stereocenters. The molecule has 0 spiro atoms.